The summed E-state index contributed by atoms with van der Waals surface area (Å²) in [6.45, 7) is 1.67. The number of non-ortho nitro benzene ring substituents is 1. The van der Waals surface area contributed by atoms with E-state index in [-0.39, 0.29) is 11.6 Å². The molecule has 1 heterocycles. The number of carbonyl (C=O) groups is 1. The molecule has 0 unspecified atom stereocenters. The Balaban J connectivity index is 2.34. The SMILES string of the molecule is CC1=NN(c2ccc([N+](=O)[O-])cc2)C(=O)/C1=C/N. The van der Waals surface area contributed by atoms with E-state index in [9.17, 15) is 14.9 Å². The van der Waals surface area contributed by atoms with Crippen molar-refractivity contribution in [1.29, 1.82) is 0 Å². The molecule has 92 valence electrons. The number of nitro groups is 1. The van der Waals surface area contributed by atoms with E-state index in [1.807, 2.05) is 0 Å². The Bertz CT molecular complexity index is 574. The minimum absolute atomic E-state index is 0.0410. The van der Waals surface area contributed by atoms with Crippen LogP contribution in [0.15, 0.2) is 41.1 Å². The highest BCUT2D eigenvalue weighted by Gasteiger charge is 2.28. The lowest BCUT2D eigenvalue weighted by Gasteiger charge is -2.10. The zero-order chi connectivity index (χ0) is 13.3. The summed E-state index contributed by atoms with van der Waals surface area (Å²) in [7, 11) is 0. The molecule has 0 atom stereocenters. The minimum atomic E-state index is -0.505. The van der Waals surface area contributed by atoms with Crippen LogP contribution in [0, 0.1) is 10.1 Å². The molecule has 0 spiro atoms. The van der Waals surface area contributed by atoms with Crippen molar-refractivity contribution >= 4 is 23.0 Å². The Morgan fingerprint density at radius 1 is 1.39 bits per heavy atom. The summed E-state index contributed by atoms with van der Waals surface area (Å²) in [6, 6.07) is 5.56. The number of hydrazone groups is 1. The molecule has 0 aliphatic carbocycles. The molecule has 1 aromatic rings. The number of carbonyl (C=O) groups excluding carboxylic acids is 1. The Labute approximate surface area is 102 Å². The van der Waals surface area contributed by atoms with E-state index in [2.05, 4.69) is 5.10 Å². The number of hydrogen-bond donors (Lipinski definition) is 1. The fourth-order valence-electron chi connectivity index (χ4n) is 1.60. The van der Waals surface area contributed by atoms with E-state index < -0.39 is 4.92 Å². The molecule has 1 aromatic carbocycles. The van der Waals surface area contributed by atoms with Crippen LogP contribution in [0.2, 0.25) is 0 Å². The molecular weight excluding hydrogens is 236 g/mol. The fraction of sp³-hybridized carbons (Fsp3) is 0.0909. The Morgan fingerprint density at radius 3 is 2.44 bits per heavy atom. The Morgan fingerprint density at radius 2 is 2.00 bits per heavy atom. The molecule has 18 heavy (non-hydrogen) atoms. The van der Waals surface area contributed by atoms with Gasteiger partial charge in [0.1, 0.15) is 0 Å². The van der Waals surface area contributed by atoms with E-state index in [1.165, 1.54) is 30.5 Å². The molecule has 1 aliphatic rings. The smallest absolute Gasteiger partial charge is 0.282 e. The van der Waals surface area contributed by atoms with E-state index in [1.54, 1.807) is 6.92 Å². The number of nitrogens with zero attached hydrogens (tertiary/aromatic N) is 3. The van der Waals surface area contributed by atoms with Gasteiger partial charge < -0.3 is 5.73 Å². The zero-order valence-electron chi connectivity index (χ0n) is 9.53. The van der Waals surface area contributed by atoms with Crippen LogP contribution in [0.1, 0.15) is 6.92 Å². The van der Waals surface area contributed by atoms with Gasteiger partial charge in [-0.1, -0.05) is 0 Å². The largest absolute Gasteiger partial charge is 0.404 e. The van der Waals surface area contributed by atoms with Crippen LogP contribution < -0.4 is 10.7 Å². The summed E-state index contributed by atoms with van der Waals surface area (Å²) in [5.74, 6) is -0.344. The van der Waals surface area contributed by atoms with Crippen molar-refractivity contribution in [3.63, 3.8) is 0 Å². The summed E-state index contributed by atoms with van der Waals surface area (Å²) < 4.78 is 0. The number of hydrogen-bond acceptors (Lipinski definition) is 5. The lowest BCUT2D eigenvalue weighted by Crippen LogP contribution is -2.21. The summed E-state index contributed by atoms with van der Waals surface area (Å²) in [6.07, 6.45) is 1.20. The second kappa shape index (κ2) is 4.28. The van der Waals surface area contributed by atoms with Crippen molar-refractivity contribution in [2.45, 2.75) is 6.92 Å². The van der Waals surface area contributed by atoms with Crippen molar-refractivity contribution in [2.24, 2.45) is 10.8 Å². The van der Waals surface area contributed by atoms with Gasteiger partial charge in [-0.05, 0) is 19.1 Å². The van der Waals surface area contributed by atoms with Gasteiger partial charge in [0.25, 0.3) is 11.6 Å². The second-order valence-corrected chi connectivity index (χ2v) is 3.66. The molecule has 0 bridgehead atoms. The van der Waals surface area contributed by atoms with E-state index >= 15 is 0 Å². The topological polar surface area (TPSA) is 102 Å². The molecule has 0 radical (unpaired) electrons. The molecule has 1 amide bonds. The highest BCUT2D eigenvalue weighted by molar-refractivity contribution is 6.29. The highest BCUT2D eigenvalue weighted by Crippen LogP contribution is 2.25. The number of rotatable bonds is 2. The number of nitro benzene ring substituents is 1. The normalized spacial score (nSPS) is 17.2. The van der Waals surface area contributed by atoms with Crippen LogP contribution in [-0.4, -0.2) is 16.5 Å². The van der Waals surface area contributed by atoms with E-state index in [0.29, 0.717) is 17.0 Å². The second-order valence-electron chi connectivity index (χ2n) is 3.66. The summed E-state index contributed by atoms with van der Waals surface area (Å²) in [4.78, 5) is 21.9. The van der Waals surface area contributed by atoms with Gasteiger partial charge in [0.05, 0.1) is 21.9 Å². The van der Waals surface area contributed by atoms with Crippen molar-refractivity contribution in [3.8, 4) is 0 Å². The van der Waals surface area contributed by atoms with Crippen LogP contribution >= 0.6 is 0 Å². The molecule has 0 fully saturated rings. The van der Waals surface area contributed by atoms with Gasteiger partial charge >= 0.3 is 0 Å². The van der Waals surface area contributed by atoms with Crippen molar-refractivity contribution < 1.29 is 9.72 Å². The molecule has 7 heteroatoms. The summed E-state index contributed by atoms with van der Waals surface area (Å²) in [5.41, 5.74) is 6.60. The number of anilines is 1. The highest BCUT2D eigenvalue weighted by atomic mass is 16.6. The molecule has 2 rings (SSSR count). The van der Waals surface area contributed by atoms with Gasteiger partial charge in [-0.2, -0.15) is 10.1 Å². The Hall–Kier alpha value is -2.70. The lowest BCUT2D eigenvalue weighted by atomic mass is 10.2. The minimum Gasteiger partial charge on any atom is -0.404 e. The first kappa shape index (κ1) is 11.8. The molecule has 7 nitrogen and oxygen atoms in total. The fourth-order valence-corrected chi connectivity index (χ4v) is 1.60. The third-order valence-corrected chi connectivity index (χ3v) is 2.53. The average molecular weight is 246 g/mol. The van der Waals surface area contributed by atoms with Crippen molar-refractivity contribution in [2.75, 3.05) is 5.01 Å². The number of nitrogens with two attached hydrogens (primary N) is 1. The molecule has 0 aromatic heterocycles. The summed E-state index contributed by atoms with van der Waals surface area (Å²) >= 11 is 0. The molecule has 1 aliphatic heterocycles. The standard InChI is InChI=1S/C11H10N4O3/c1-7-10(6-12)11(16)14(13-7)8-2-4-9(5-3-8)15(17)18/h2-6H,12H2,1H3/b10-6+. The average Bonchev–Trinajstić information content (AvgIpc) is 2.64. The van der Waals surface area contributed by atoms with Gasteiger partial charge in [0.2, 0.25) is 0 Å². The van der Waals surface area contributed by atoms with Crippen molar-refractivity contribution in [3.05, 3.63) is 46.2 Å². The predicted molar refractivity (Wildman–Crippen MR) is 66.0 cm³/mol. The first-order chi connectivity index (χ1) is 8.54. The van der Waals surface area contributed by atoms with Crippen LogP contribution in [0.4, 0.5) is 11.4 Å². The van der Waals surface area contributed by atoms with E-state index in [0.717, 1.165) is 5.01 Å². The number of benzene rings is 1. The number of amides is 1. The first-order valence-corrected chi connectivity index (χ1v) is 5.11. The quantitative estimate of drug-likeness (QED) is 0.480. The van der Waals surface area contributed by atoms with Gasteiger partial charge in [-0.15, -0.1) is 0 Å². The van der Waals surface area contributed by atoms with Gasteiger partial charge in [0, 0.05) is 18.3 Å². The molecular formula is C11H10N4O3. The maximum absolute atomic E-state index is 11.9. The third-order valence-electron chi connectivity index (χ3n) is 2.53. The zero-order valence-corrected chi connectivity index (χ0v) is 9.53. The van der Waals surface area contributed by atoms with Crippen LogP contribution in [-0.2, 0) is 4.79 Å². The van der Waals surface area contributed by atoms with E-state index in [4.69, 9.17) is 5.73 Å². The van der Waals surface area contributed by atoms with Crippen molar-refractivity contribution in [1.82, 2.24) is 0 Å². The molecule has 0 saturated heterocycles. The van der Waals surface area contributed by atoms with Crippen LogP contribution in [0.25, 0.3) is 0 Å². The maximum atomic E-state index is 11.9. The monoisotopic (exact) mass is 246 g/mol. The van der Waals surface area contributed by atoms with Gasteiger partial charge in [0.15, 0.2) is 0 Å². The first-order valence-electron chi connectivity index (χ1n) is 5.11. The predicted octanol–water partition coefficient (Wildman–Crippen LogP) is 1.16. The summed E-state index contributed by atoms with van der Waals surface area (Å²) in [5, 5.41) is 15.7. The van der Waals surface area contributed by atoms with Gasteiger partial charge in [-0.3, -0.25) is 14.9 Å². The third kappa shape index (κ3) is 1.81. The lowest BCUT2D eigenvalue weighted by molar-refractivity contribution is -0.384. The van der Waals surface area contributed by atoms with Crippen LogP contribution in [0.5, 0.6) is 0 Å². The van der Waals surface area contributed by atoms with Crippen LogP contribution in [0.3, 0.4) is 0 Å². The molecule has 0 saturated carbocycles. The maximum Gasteiger partial charge on any atom is 0.282 e. The van der Waals surface area contributed by atoms with Gasteiger partial charge in [-0.25, -0.2) is 0 Å². The Kier molecular flexibility index (Phi) is 2.80. The molecule has 2 N–H and O–H groups in total.